The molecule has 1 aliphatic heterocycles. The zero-order valence-electron chi connectivity index (χ0n) is 22.4. The van der Waals surface area contributed by atoms with Gasteiger partial charge in [0.25, 0.3) is 0 Å². The summed E-state index contributed by atoms with van der Waals surface area (Å²) in [6.45, 7) is 3.93. The van der Waals surface area contributed by atoms with E-state index in [1.165, 1.54) is 77.0 Å². The molecule has 0 radical (unpaired) electrons. The average molecular weight is 541 g/mol. The standard InChI is InChI=1S/C28H49ClN4O2S/c1-2-3-4-5-6-7-8-9-10-11-12-13-14-18-23-36(34,35)32-31-28(33-21-16-15-17-22-33)26-20-19-25(30)24-27(26)29/h19-20,24,32H,2-18,21-23,30H2,1H3/b31-28-. The van der Waals surface area contributed by atoms with E-state index in [4.69, 9.17) is 17.3 Å². The number of nitrogens with zero attached hydrogens (tertiary/aromatic N) is 2. The van der Waals surface area contributed by atoms with E-state index in [0.717, 1.165) is 38.8 Å². The van der Waals surface area contributed by atoms with Gasteiger partial charge in [-0.05, 0) is 43.9 Å². The van der Waals surface area contributed by atoms with E-state index in [2.05, 4.69) is 21.8 Å². The lowest BCUT2D eigenvalue weighted by molar-refractivity contribution is 0.341. The van der Waals surface area contributed by atoms with E-state index in [9.17, 15) is 8.42 Å². The highest BCUT2D eigenvalue weighted by atomic mass is 35.5. The highest BCUT2D eigenvalue weighted by molar-refractivity contribution is 7.89. The number of hydrazone groups is 1. The minimum Gasteiger partial charge on any atom is -0.399 e. The molecule has 1 aliphatic rings. The maximum atomic E-state index is 12.6. The van der Waals surface area contributed by atoms with Crippen LogP contribution in [-0.4, -0.2) is 38.0 Å². The first kappa shape index (κ1) is 30.8. The fraction of sp³-hybridized carbons (Fsp3) is 0.750. The largest absolute Gasteiger partial charge is 0.399 e. The quantitative estimate of drug-likeness (QED) is 0.0664. The number of nitrogens with one attached hydrogen (secondary N) is 1. The number of rotatable bonds is 18. The fourth-order valence-corrected chi connectivity index (χ4v) is 5.94. The summed E-state index contributed by atoms with van der Waals surface area (Å²) in [5.41, 5.74) is 7.11. The number of piperidine rings is 1. The molecule has 0 unspecified atom stereocenters. The molecule has 3 N–H and O–H groups in total. The van der Waals surface area contributed by atoms with Crippen molar-refractivity contribution >= 4 is 33.1 Å². The Morgan fingerprint density at radius 3 is 1.94 bits per heavy atom. The summed E-state index contributed by atoms with van der Waals surface area (Å²) in [5, 5.41) is 4.82. The summed E-state index contributed by atoms with van der Waals surface area (Å²) < 4.78 is 25.2. The zero-order chi connectivity index (χ0) is 26.1. The lowest BCUT2D eigenvalue weighted by Crippen LogP contribution is -2.38. The molecule has 36 heavy (non-hydrogen) atoms. The van der Waals surface area contributed by atoms with Crippen molar-refractivity contribution in [3.05, 3.63) is 28.8 Å². The van der Waals surface area contributed by atoms with Crippen LogP contribution >= 0.6 is 11.6 Å². The van der Waals surface area contributed by atoms with Gasteiger partial charge in [0.1, 0.15) is 0 Å². The Balaban J connectivity index is 1.67. The number of nitrogens with two attached hydrogens (primary N) is 1. The van der Waals surface area contributed by atoms with Gasteiger partial charge in [-0.15, -0.1) is 5.10 Å². The molecule has 0 amide bonds. The average Bonchev–Trinajstić information content (AvgIpc) is 2.86. The molecule has 1 fully saturated rings. The van der Waals surface area contributed by atoms with E-state index >= 15 is 0 Å². The molecule has 0 spiro atoms. The second-order valence-corrected chi connectivity index (χ2v) is 12.5. The van der Waals surface area contributed by atoms with Gasteiger partial charge < -0.3 is 10.6 Å². The number of hydrogen-bond acceptors (Lipinski definition) is 4. The minimum absolute atomic E-state index is 0.0945. The zero-order valence-corrected chi connectivity index (χ0v) is 24.0. The third-order valence-electron chi connectivity index (χ3n) is 6.95. The van der Waals surface area contributed by atoms with Crippen LogP contribution in [0.15, 0.2) is 23.3 Å². The first-order valence-corrected chi connectivity index (χ1v) is 16.3. The molecular weight excluding hydrogens is 492 g/mol. The van der Waals surface area contributed by atoms with Crippen molar-refractivity contribution in [1.82, 2.24) is 9.73 Å². The van der Waals surface area contributed by atoms with Crippen LogP contribution in [0.25, 0.3) is 0 Å². The third-order valence-corrected chi connectivity index (χ3v) is 8.46. The van der Waals surface area contributed by atoms with E-state index in [1.54, 1.807) is 12.1 Å². The number of halogens is 1. The molecule has 206 valence electrons. The predicted molar refractivity (Wildman–Crippen MR) is 155 cm³/mol. The second kappa shape index (κ2) is 17.9. The van der Waals surface area contributed by atoms with E-state index in [1.807, 2.05) is 6.07 Å². The van der Waals surface area contributed by atoms with Crippen molar-refractivity contribution in [1.29, 1.82) is 0 Å². The van der Waals surface area contributed by atoms with Crippen molar-refractivity contribution in [2.24, 2.45) is 5.10 Å². The predicted octanol–water partition coefficient (Wildman–Crippen LogP) is 7.47. The van der Waals surface area contributed by atoms with E-state index < -0.39 is 10.0 Å². The van der Waals surface area contributed by atoms with E-state index in [0.29, 0.717) is 28.5 Å². The summed E-state index contributed by atoms with van der Waals surface area (Å²) in [6, 6.07) is 5.26. The Labute approximate surface area is 225 Å². The summed E-state index contributed by atoms with van der Waals surface area (Å²) in [4.78, 5) is 4.58. The molecule has 1 aromatic carbocycles. The molecule has 0 atom stereocenters. The number of nitrogen functional groups attached to an aromatic ring is 1. The smallest absolute Gasteiger partial charge is 0.247 e. The molecule has 0 bridgehead atoms. The van der Waals surface area contributed by atoms with Crippen LogP contribution in [0.1, 0.15) is 122 Å². The van der Waals surface area contributed by atoms with Crippen LogP contribution in [0.3, 0.4) is 0 Å². The molecule has 1 heterocycles. The maximum absolute atomic E-state index is 12.6. The molecule has 1 saturated heterocycles. The van der Waals surface area contributed by atoms with Gasteiger partial charge in [-0.25, -0.2) is 13.2 Å². The van der Waals surface area contributed by atoms with Crippen LogP contribution in [0.5, 0.6) is 0 Å². The summed E-state index contributed by atoms with van der Waals surface area (Å²) in [7, 11) is -3.49. The van der Waals surface area contributed by atoms with Crippen LogP contribution < -0.4 is 10.6 Å². The van der Waals surface area contributed by atoms with Gasteiger partial charge in [0.15, 0.2) is 5.84 Å². The van der Waals surface area contributed by atoms with Crippen molar-refractivity contribution in [2.75, 3.05) is 24.6 Å². The van der Waals surface area contributed by atoms with E-state index in [-0.39, 0.29) is 5.75 Å². The normalized spacial score (nSPS) is 14.8. The maximum Gasteiger partial charge on any atom is 0.247 e. The number of hydrogen-bond donors (Lipinski definition) is 2. The van der Waals surface area contributed by atoms with Crippen molar-refractivity contribution in [3.8, 4) is 0 Å². The third kappa shape index (κ3) is 12.7. The monoisotopic (exact) mass is 540 g/mol. The molecule has 0 saturated carbocycles. The topological polar surface area (TPSA) is 87.8 Å². The molecule has 1 aromatic rings. The van der Waals surface area contributed by atoms with Gasteiger partial charge in [0.05, 0.1) is 10.8 Å². The molecular formula is C28H49ClN4O2S. The van der Waals surface area contributed by atoms with Gasteiger partial charge in [0.2, 0.25) is 10.0 Å². The Morgan fingerprint density at radius 2 is 1.42 bits per heavy atom. The lowest BCUT2D eigenvalue weighted by Gasteiger charge is -2.30. The van der Waals surface area contributed by atoms with Crippen LogP contribution in [0.2, 0.25) is 5.02 Å². The van der Waals surface area contributed by atoms with Crippen molar-refractivity contribution < 1.29 is 8.42 Å². The minimum atomic E-state index is -3.49. The van der Waals surface area contributed by atoms with Crippen LogP contribution in [0.4, 0.5) is 5.69 Å². The Bertz CT molecular complexity index is 870. The number of amidine groups is 1. The molecule has 0 aliphatic carbocycles. The molecule has 6 nitrogen and oxygen atoms in total. The summed E-state index contributed by atoms with van der Waals surface area (Å²) in [5.74, 6) is 0.668. The van der Waals surface area contributed by atoms with Gasteiger partial charge in [-0.3, -0.25) is 0 Å². The Kier molecular flexibility index (Phi) is 15.3. The van der Waals surface area contributed by atoms with Gasteiger partial charge >= 0.3 is 0 Å². The highest BCUT2D eigenvalue weighted by Gasteiger charge is 2.20. The SMILES string of the molecule is CCCCCCCCCCCCCCCCS(=O)(=O)N/N=C(/c1ccc(N)cc1Cl)N1CCCCC1. The second-order valence-electron chi connectivity index (χ2n) is 10.2. The Morgan fingerprint density at radius 1 is 0.889 bits per heavy atom. The van der Waals surface area contributed by atoms with Crippen LogP contribution in [-0.2, 0) is 10.0 Å². The first-order chi connectivity index (χ1) is 17.4. The van der Waals surface area contributed by atoms with Crippen molar-refractivity contribution in [2.45, 2.75) is 116 Å². The lowest BCUT2D eigenvalue weighted by atomic mass is 10.0. The number of benzene rings is 1. The van der Waals surface area contributed by atoms with Gasteiger partial charge in [0, 0.05) is 24.3 Å². The molecule has 2 rings (SSSR count). The fourth-order valence-electron chi connectivity index (χ4n) is 4.76. The summed E-state index contributed by atoms with van der Waals surface area (Å²) in [6.07, 6.45) is 20.7. The number of sulfonamides is 1. The number of likely N-dealkylation sites (tertiary alicyclic amines) is 1. The molecule has 8 heteroatoms. The van der Waals surface area contributed by atoms with Crippen molar-refractivity contribution in [3.63, 3.8) is 0 Å². The highest BCUT2D eigenvalue weighted by Crippen LogP contribution is 2.23. The van der Waals surface area contributed by atoms with Gasteiger partial charge in [-0.1, -0.05) is 102 Å². The van der Waals surface area contributed by atoms with Crippen LogP contribution in [0, 0.1) is 0 Å². The number of unbranched alkanes of at least 4 members (excludes halogenated alkanes) is 13. The first-order valence-electron chi connectivity index (χ1n) is 14.3. The van der Waals surface area contributed by atoms with Gasteiger partial charge in [-0.2, -0.15) is 0 Å². The Hall–Kier alpha value is -1.47. The molecule has 0 aromatic heterocycles. The summed E-state index contributed by atoms with van der Waals surface area (Å²) >= 11 is 6.43. The number of anilines is 1.